The minimum absolute atomic E-state index is 0.0264. The maximum absolute atomic E-state index is 13.3. The van der Waals surface area contributed by atoms with Gasteiger partial charge in [-0.15, -0.1) is 0 Å². The monoisotopic (exact) mass is 437 g/mol. The number of halogens is 2. The van der Waals surface area contributed by atoms with Crippen LogP contribution in [-0.2, 0) is 19.1 Å². The van der Waals surface area contributed by atoms with Gasteiger partial charge in [0.2, 0.25) is 11.7 Å². The largest absolute Gasteiger partial charge is 0.455 e. The second-order valence-corrected chi connectivity index (χ2v) is 6.58. The third kappa shape index (κ3) is 6.82. The highest BCUT2D eigenvalue weighted by atomic mass is 35.5. The second kappa shape index (κ2) is 10.3. The van der Waals surface area contributed by atoms with E-state index in [2.05, 4.69) is 10.6 Å². The van der Waals surface area contributed by atoms with Crippen molar-refractivity contribution in [2.45, 2.75) is 19.4 Å². The van der Waals surface area contributed by atoms with Crippen molar-refractivity contribution in [2.24, 2.45) is 0 Å². The van der Waals surface area contributed by atoms with Gasteiger partial charge < -0.3 is 15.4 Å². The molecule has 0 spiro atoms. The Morgan fingerprint density at radius 1 is 1.20 bits per heavy atom. The molecule has 0 aliphatic carbocycles. The molecular weight excluding hydrogens is 421 g/mol. The number of rotatable bonds is 8. The molecule has 2 aromatic carbocycles. The van der Waals surface area contributed by atoms with E-state index in [1.807, 2.05) is 0 Å². The Hall–Kier alpha value is -3.53. The minimum Gasteiger partial charge on any atom is -0.455 e. The van der Waals surface area contributed by atoms with Crippen LogP contribution in [0.5, 0.6) is 0 Å². The number of anilines is 1. The van der Waals surface area contributed by atoms with E-state index in [1.54, 1.807) is 24.3 Å². The maximum atomic E-state index is 13.3. The number of carbonyl (C=O) groups is 3. The Balaban J connectivity index is 1.94. The molecule has 1 unspecified atom stereocenters. The molecule has 30 heavy (non-hydrogen) atoms. The van der Waals surface area contributed by atoms with Crippen molar-refractivity contribution in [3.8, 4) is 0 Å². The standard InChI is InChI=1S/C19H17ClFN3O6/c1-11(25)22-16(12-2-4-13(20)5-3-12)9-19(27)30-10-18(26)23-14-6-7-15(21)17(8-14)24(28)29/h2-8,16H,9-10H2,1H3,(H,22,25)(H,23,26). The SMILES string of the molecule is CC(=O)NC(CC(=O)OCC(=O)Nc1ccc(F)c([N+](=O)[O-])c1)c1ccc(Cl)cc1. The quantitative estimate of drug-likeness (QED) is 0.371. The lowest BCUT2D eigenvalue weighted by molar-refractivity contribution is -0.387. The lowest BCUT2D eigenvalue weighted by Crippen LogP contribution is -2.29. The van der Waals surface area contributed by atoms with E-state index in [4.69, 9.17) is 16.3 Å². The summed E-state index contributed by atoms with van der Waals surface area (Å²) in [4.78, 5) is 45.2. The number of esters is 1. The summed E-state index contributed by atoms with van der Waals surface area (Å²) in [5.41, 5.74) is -0.207. The third-order valence-electron chi connectivity index (χ3n) is 3.81. The summed E-state index contributed by atoms with van der Waals surface area (Å²) in [5.74, 6) is -2.94. The lowest BCUT2D eigenvalue weighted by atomic mass is 10.0. The summed E-state index contributed by atoms with van der Waals surface area (Å²) in [5, 5.41) is 16.1. The minimum atomic E-state index is -1.05. The Kier molecular flexibility index (Phi) is 7.82. The molecular formula is C19H17ClFN3O6. The number of carbonyl (C=O) groups excluding carboxylic acids is 3. The molecule has 0 fully saturated rings. The van der Waals surface area contributed by atoms with Crippen LogP contribution in [0.2, 0.25) is 5.02 Å². The van der Waals surface area contributed by atoms with E-state index in [-0.39, 0.29) is 18.0 Å². The van der Waals surface area contributed by atoms with E-state index >= 15 is 0 Å². The van der Waals surface area contributed by atoms with Crippen LogP contribution in [0.25, 0.3) is 0 Å². The van der Waals surface area contributed by atoms with Crippen molar-refractivity contribution in [2.75, 3.05) is 11.9 Å². The average molecular weight is 438 g/mol. The molecule has 0 aromatic heterocycles. The number of hydrogen-bond donors (Lipinski definition) is 2. The van der Waals surface area contributed by atoms with E-state index < -0.39 is 41.0 Å². The summed E-state index contributed by atoms with van der Waals surface area (Å²) in [6, 6.07) is 8.63. The van der Waals surface area contributed by atoms with Crippen LogP contribution in [0.3, 0.4) is 0 Å². The molecule has 0 aliphatic heterocycles. The van der Waals surface area contributed by atoms with Crippen LogP contribution >= 0.6 is 11.6 Å². The number of nitro benzene ring substituents is 1. The van der Waals surface area contributed by atoms with E-state index in [0.717, 1.165) is 18.2 Å². The molecule has 158 valence electrons. The number of hydrogen-bond acceptors (Lipinski definition) is 6. The van der Waals surface area contributed by atoms with Gasteiger partial charge in [-0.1, -0.05) is 23.7 Å². The Bertz CT molecular complexity index is 967. The molecule has 1 atom stereocenters. The van der Waals surface area contributed by atoms with Gasteiger partial charge in [0.15, 0.2) is 6.61 Å². The van der Waals surface area contributed by atoms with Gasteiger partial charge in [0.1, 0.15) is 0 Å². The molecule has 2 N–H and O–H groups in total. The van der Waals surface area contributed by atoms with Crippen molar-refractivity contribution in [1.82, 2.24) is 5.32 Å². The van der Waals surface area contributed by atoms with E-state index in [1.165, 1.54) is 6.92 Å². The highest BCUT2D eigenvalue weighted by Crippen LogP contribution is 2.22. The Morgan fingerprint density at radius 3 is 2.47 bits per heavy atom. The number of nitro groups is 1. The number of ether oxygens (including phenoxy) is 1. The third-order valence-corrected chi connectivity index (χ3v) is 4.06. The van der Waals surface area contributed by atoms with Crippen LogP contribution in [0.1, 0.15) is 24.9 Å². The van der Waals surface area contributed by atoms with Gasteiger partial charge in [0, 0.05) is 23.7 Å². The maximum Gasteiger partial charge on any atom is 0.308 e. The fraction of sp³-hybridized carbons (Fsp3) is 0.211. The second-order valence-electron chi connectivity index (χ2n) is 6.14. The molecule has 2 amide bonds. The van der Waals surface area contributed by atoms with Crippen molar-refractivity contribution >= 4 is 40.8 Å². The van der Waals surface area contributed by atoms with Gasteiger partial charge in [0.05, 0.1) is 17.4 Å². The zero-order valence-electron chi connectivity index (χ0n) is 15.7. The summed E-state index contributed by atoms with van der Waals surface area (Å²) in [6.07, 6.45) is -0.240. The van der Waals surface area contributed by atoms with E-state index in [0.29, 0.717) is 10.6 Å². The van der Waals surface area contributed by atoms with Gasteiger partial charge in [0.25, 0.3) is 5.91 Å². The topological polar surface area (TPSA) is 128 Å². The molecule has 2 rings (SSSR count). The molecule has 9 nitrogen and oxygen atoms in total. The van der Waals surface area contributed by atoms with Gasteiger partial charge in [-0.3, -0.25) is 24.5 Å². The summed E-state index contributed by atoms with van der Waals surface area (Å²) in [6.45, 7) is 0.626. The van der Waals surface area contributed by atoms with Gasteiger partial charge in [-0.05, 0) is 29.8 Å². The molecule has 0 radical (unpaired) electrons. The van der Waals surface area contributed by atoms with Crippen molar-refractivity contribution in [3.63, 3.8) is 0 Å². The van der Waals surface area contributed by atoms with E-state index in [9.17, 15) is 28.9 Å². The highest BCUT2D eigenvalue weighted by molar-refractivity contribution is 6.30. The van der Waals surface area contributed by atoms with Crippen LogP contribution in [0.4, 0.5) is 15.8 Å². The molecule has 0 aliphatic rings. The first-order chi connectivity index (χ1) is 14.2. The molecule has 0 saturated heterocycles. The van der Waals surface area contributed by atoms with Gasteiger partial charge >= 0.3 is 11.7 Å². The molecule has 0 bridgehead atoms. The zero-order valence-corrected chi connectivity index (χ0v) is 16.4. The first-order valence-electron chi connectivity index (χ1n) is 8.57. The summed E-state index contributed by atoms with van der Waals surface area (Å²) < 4.78 is 18.2. The average Bonchev–Trinajstić information content (AvgIpc) is 2.67. The fourth-order valence-corrected chi connectivity index (χ4v) is 2.62. The number of amides is 2. The van der Waals surface area contributed by atoms with Gasteiger partial charge in [-0.2, -0.15) is 4.39 Å². The smallest absolute Gasteiger partial charge is 0.308 e. The van der Waals surface area contributed by atoms with Crippen LogP contribution in [0, 0.1) is 15.9 Å². The molecule has 2 aromatic rings. The highest BCUT2D eigenvalue weighted by Gasteiger charge is 2.20. The van der Waals surface area contributed by atoms with Crippen LogP contribution in [-0.4, -0.2) is 29.3 Å². The lowest BCUT2D eigenvalue weighted by Gasteiger charge is -2.17. The van der Waals surface area contributed by atoms with Crippen molar-refractivity contribution in [1.29, 1.82) is 0 Å². The number of nitrogens with one attached hydrogen (secondary N) is 2. The number of benzene rings is 2. The first kappa shape index (κ1) is 22.8. The Morgan fingerprint density at radius 2 is 1.87 bits per heavy atom. The van der Waals surface area contributed by atoms with Crippen molar-refractivity contribution < 1.29 is 28.4 Å². The van der Waals surface area contributed by atoms with Crippen molar-refractivity contribution in [3.05, 3.63) is 69.0 Å². The van der Waals surface area contributed by atoms with Gasteiger partial charge in [-0.25, -0.2) is 0 Å². The first-order valence-corrected chi connectivity index (χ1v) is 8.95. The Labute approximate surface area is 175 Å². The van der Waals surface area contributed by atoms with Crippen LogP contribution < -0.4 is 10.6 Å². The molecule has 0 heterocycles. The predicted octanol–water partition coefficient (Wildman–Crippen LogP) is 3.14. The summed E-state index contributed by atoms with van der Waals surface area (Å²) in [7, 11) is 0. The molecule has 11 heteroatoms. The fourth-order valence-electron chi connectivity index (χ4n) is 2.49. The molecule has 0 saturated carbocycles. The number of nitrogens with zero attached hydrogens (tertiary/aromatic N) is 1. The summed E-state index contributed by atoms with van der Waals surface area (Å²) >= 11 is 5.83. The normalized spacial score (nSPS) is 11.3. The van der Waals surface area contributed by atoms with Crippen LogP contribution in [0.15, 0.2) is 42.5 Å². The predicted molar refractivity (Wildman–Crippen MR) is 105 cm³/mol. The zero-order chi connectivity index (χ0) is 22.3.